The van der Waals surface area contributed by atoms with Crippen molar-refractivity contribution in [1.29, 1.82) is 0 Å². The van der Waals surface area contributed by atoms with Gasteiger partial charge in [-0.3, -0.25) is 9.59 Å². The Kier molecular flexibility index (Phi) is 6.30. The molecule has 0 fully saturated rings. The summed E-state index contributed by atoms with van der Waals surface area (Å²) in [5.41, 5.74) is 2.46. The molecular weight excluding hydrogens is 382 g/mol. The molecule has 1 heterocycles. The number of para-hydroxylation sites is 1. The number of H-pyrrole nitrogens is 1. The number of benzene rings is 2. The molecule has 0 spiro atoms. The van der Waals surface area contributed by atoms with Crippen molar-refractivity contribution in [2.24, 2.45) is 5.92 Å². The highest BCUT2D eigenvalue weighted by atomic mass is 16.5. The van der Waals surface area contributed by atoms with Crippen LogP contribution in [0.1, 0.15) is 41.2 Å². The van der Waals surface area contributed by atoms with Gasteiger partial charge in [0.25, 0.3) is 11.5 Å². The lowest BCUT2D eigenvalue weighted by molar-refractivity contribution is -0.148. The first-order valence-electron chi connectivity index (χ1n) is 9.79. The van der Waals surface area contributed by atoms with Gasteiger partial charge in [-0.1, -0.05) is 44.2 Å². The van der Waals surface area contributed by atoms with Crippen molar-refractivity contribution >= 4 is 22.8 Å². The van der Waals surface area contributed by atoms with Gasteiger partial charge in [-0.25, -0.2) is 9.78 Å². The predicted octanol–water partition coefficient (Wildman–Crippen LogP) is 3.04. The Morgan fingerprint density at radius 2 is 1.77 bits per heavy atom. The lowest BCUT2D eigenvalue weighted by atomic mass is 10.0. The Hall–Kier alpha value is -3.48. The fraction of sp³-hybridized carbons (Fsp3) is 0.304. The van der Waals surface area contributed by atoms with Crippen LogP contribution >= 0.6 is 0 Å². The number of hydrogen-bond donors (Lipinski definition) is 2. The summed E-state index contributed by atoms with van der Waals surface area (Å²) >= 11 is 0. The average Bonchev–Trinajstić information content (AvgIpc) is 2.71. The molecule has 7 nitrogen and oxygen atoms in total. The van der Waals surface area contributed by atoms with E-state index in [0.29, 0.717) is 16.5 Å². The minimum absolute atomic E-state index is 0.184. The Bertz CT molecular complexity index is 1150. The van der Waals surface area contributed by atoms with Crippen LogP contribution in [0, 0.1) is 19.8 Å². The molecular formula is C23H25N3O4. The van der Waals surface area contributed by atoms with E-state index in [1.54, 1.807) is 24.3 Å². The summed E-state index contributed by atoms with van der Waals surface area (Å²) in [6.45, 7) is 7.15. The van der Waals surface area contributed by atoms with Crippen molar-refractivity contribution in [1.82, 2.24) is 15.3 Å². The number of rotatable bonds is 6. The van der Waals surface area contributed by atoms with E-state index in [4.69, 9.17) is 4.74 Å². The largest absolute Gasteiger partial charge is 0.456 e. The van der Waals surface area contributed by atoms with Gasteiger partial charge in [0, 0.05) is 5.56 Å². The standard InChI is InChI=1S/C23H25N3O4/c1-13(2)19(26-21(27)16-10-6-5-8-14(16)3)23(29)30-12-18-24-20-15(4)9-7-11-17(20)22(28)25-18/h5-11,13,19H,12H2,1-4H3,(H,26,27)(H,24,25,28)/t19-/m0/s1. The van der Waals surface area contributed by atoms with E-state index in [-0.39, 0.29) is 29.8 Å². The molecule has 3 rings (SSSR count). The van der Waals surface area contributed by atoms with Crippen LogP contribution < -0.4 is 10.9 Å². The van der Waals surface area contributed by atoms with Gasteiger partial charge >= 0.3 is 5.97 Å². The highest BCUT2D eigenvalue weighted by Crippen LogP contribution is 2.13. The summed E-state index contributed by atoms with van der Waals surface area (Å²) < 4.78 is 5.38. The SMILES string of the molecule is Cc1ccccc1C(=O)N[C@H](C(=O)OCc1nc2c(C)cccc2c(=O)[nH]1)C(C)C. The van der Waals surface area contributed by atoms with Crippen LogP contribution in [-0.2, 0) is 16.1 Å². The zero-order chi connectivity index (χ0) is 21.8. The summed E-state index contributed by atoms with van der Waals surface area (Å²) in [6.07, 6.45) is 0. The molecule has 0 aliphatic rings. The first-order chi connectivity index (χ1) is 14.3. The van der Waals surface area contributed by atoms with Crippen molar-refractivity contribution in [3.63, 3.8) is 0 Å². The number of fused-ring (bicyclic) bond motifs is 1. The average molecular weight is 407 g/mol. The summed E-state index contributed by atoms with van der Waals surface area (Å²) in [7, 11) is 0. The Morgan fingerprint density at radius 3 is 2.47 bits per heavy atom. The molecule has 156 valence electrons. The van der Waals surface area contributed by atoms with Gasteiger partial charge in [-0.2, -0.15) is 0 Å². The number of carbonyl (C=O) groups excluding carboxylic acids is 2. The number of ether oxygens (including phenoxy) is 1. The number of esters is 1. The number of hydrogen-bond acceptors (Lipinski definition) is 5. The first-order valence-corrected chi connectivity index (χ1v) is 9.79. The van der Waals surface area contributed by atoms with Crippen LogP contribution in [0.4, 0.5) is 0 Å². The highest BCUT2D eigenvalue weighted by molar-refractivity contribution is 5.98. The van der Waals surface area contributed by atoms with Crippen molar-refractivity contribution < 1.29 is 14.3 Å². The fourth-order valence-electron chi connectivity index (χ4n) is 3.19. The first kappa shape index (κ1) is 21.2. The van der Waals surface area contributed by atoms with E-state index in [1.165, 1.54) is 0 Å². The van der Waals surface area contributed by atoms with E-state index in [9.17, 15) is 14.4 Å². The van der Waals surface area contributed by atoms with Crippen molar-refractivity contribution in [3.8, 4) is 0 Å². The maximum Gasteiger partial charge on any atom is 0.329 e. The molecule has 0 radical (unpaired) electrons. The van der Waals surface area contributed by atoms with E-state index >= 15 is 0 Å². The van der Waals surface area contributed by atoms with Crippen molar-refractivity contribution in [2.75, 3.05) is 0 Å². The Balaban J connectivity index is 1.74. The smallest absolute Gasteiger partial charge is 0.329 e. The van der Waals surface area contributed by atoms with Gasteiger partial charge in [-0.05, 0) is 43.0 Å². The topological polar surface area (TPSA) is 101 Å². The number of aryl methyl sites for hydroxylation is 2. The molecule has 0 bridgehead atoms. The summed E-state index contributed by atoms with van der Waals surface area (Å²) in [6, 6.07) is 11.7. The van der Waals surface area contributed by atoms with Gasteiger partial charge in [0.1, 0.15) is 18.5 Å². The third-order valence-corrected chi connectivity index (χ3v) is 4.94. The van der Waals surface area contributed by atoms with Crippen LogP contribution in [0.25, 0.3) is 10.9 Å². The van der Waals surface area contributed by atoms with Crippen LogP contribution in [0.3, 0.4) is 0 Å². The number of nitrogens with one attached hydrogen (secondary N) is 2. The molecule has 0 saturated carbocycles. The van der Waals surface area contributed by atoms with Gasteiger partial charge < -0.3 is 15.0 Å². The number of nitrogens with zero attached hydrogens (tertiary/aromatic N) is 1. The fourth-order valence-corrected chi connectivity index (χ4v) is 3.19. The normalized spacial score (nSPS) is 12.0. The lowest BCUT2D eigenvalue weighted by Gasteiger charge is -2.21. The molecule has 0 unspecified atom stereocenters. The van der Waals surface area contributed by atoms with E-state index in [2.05, 4.69) is 15.3 Å². The molecule has 1 atom stereocenters. The quantitative estimate of drug-likeness (QED) is 0.612. The van der Waals surface area contributed by atoms with E-state index < -0.39 is 12.0 Å². The van der Waals surface area contributed by atoms with Crippen LogP contribution in [0.2, 0.25) is 0 Å². The number of aromatic amines is 1. The van der Waals surface area contributed by atoms with Gasteiger partial charge in [0.15, 0.2) is 0 Å². The van der Waals surface area contributed by atoms with Crippen molar-refractivity contribution in [2.45, 2.75) is 40.3 Å². The number of aromatic nitrogens is 2. The molecule has 3 aromatic rings. The third kappa shape index (κ3) is 4.56. The molecule has 7 heteroatoms. The highest BCUT2D eigenvalue weighted by Gasteiger charge is 2.27. The summed E-state index contributed by atoms with van der Waals surface area (Å²) in [5, 5.41) is 3.24. The zero-order valence-corrected chi connectivity index (χ0v) is 17.5. The van der Waals surface area contributed by atoms with Gasteiger partial charge in [0.05, 0.1) is 10.9 Å². The minimum atomic E-state index is -0.828. The second-order valence-electron chi connectivity index (χ2n) is 7.60. The van der Waals surface area contributed by atoms with Crippen molar-refractivity contribution in [3.05, 3.63) is 75.3 Å². The van der Waals surface area contributed by atoms with Crippen LogP contribution in [0.15, 0.2) is 47.3 Å². The van der Waals surface area contributed by atoms with Crippen LogP contribution in [0.5, 0.6) is 0 Å². The van der Waals surface area contributed by atoms with E-state index in [0.717, 1.165) is 11.1 Å². The molecule has 2 N–H and O–H groups in total. The maximum absolute atomic E-state index is 12.7. The maximum atomic E-state index is 12.7. The minimum Gasteiger partial charge on any atom is -0.456 e. The molecule has 30 heavy (non-hydrogen) atoms. The van der Waals surface area contributed by atoms with Gasteiger partial charge in [-0.15, -0.1) is 0 Å². The lowest BCUT2D eigenvalue weighted by Crippen LogP contribution is -2.45. The van der Waals surface area contributed by atoms with Gasteiger partial charge in [0.2, 0.25) is 0 Å². The Labute approximate surface area is 174 Å². The number of amides is 1. The second-order valence-corrected chi connectivity index (χ2v) is 7.60. The molecule has 1 aromatic heterocycles. The second kappa shape index (κ2) is 8.90. The molecule has 0 aliphatic heterocycles. The van der Waals surface area contributed by atoms with E-state index in [1.807, 2.05) is 45.9 Å². The molecule has 1 amide bonds. The Morgan fingerprint density at radius 1 is 1.07 bits per heavy atom. The monoisotopic (exact) mass is 407 g/mol. The third-order valence-electron chi connectivity index (χ3n) is 4.94. The zero-order valence-electron chi connectivity index (χ0n) is 17.5. The predicted molar refractivity (Wildman–Crippen MR) is 114 cm³/mol. The molecule has 0 saturated heterocycles. The summed E-state index contributed by atoms with van der Waals surface area (Å²) in [4.78, 5) is 44.6. The van der Waals surface area contributed by atoms with Crippen LogP contribution in [-0.4, -0.2) is 27.9 Å². The molecule has 2 aromatic carbocycles. The number of carbonyl (C=O) groups is 2. The summed E-state index contributed by atoms with van der Waals surface area (Å²) in [5.74, 6) is -0.852. The molecule has 0 aliphatic carbocycles.